The Morgan fingerprint density at radius 1 is 1.06 bits per heavy atom. The van der Waals surface area contributed by atoms with Gasteiger partial charge in [0.25, 0.3) is 0 Å². The number of halogens is 2. The summed E-state index contributed by atoms with van der Waals surface area (Å²) < 4.78 is 35.2. The molecule has 4 rings (SSSR count). The Balaban J connectivity index is 1.63. The van der Waals surface area contributed by atoms with Crippen molar-refractivity contribution >= 4 is 17.4 Å². The topological polar surface area (TPSA) is 101 Å². The van der Waals surface area contributed by atoms with Gasteiger partial charge in [-0.2, -0.15) is 0 Å². The number of aliphatic hydroxyl groups is 1. The van der Waals surface area contributed by atoms with Crippen LogP contribution in [-0.2, 0) is 12.0 Å². The molecule has 0 saturated heterocycles. The Bertz CT molecular complexity index is 1430. The molecule has 0 radical (unpaired) electrons. The number of rotatable bonds is 9. The van der Waals surface area contributed by atoms with Gasteiger partial charge in [-0.3, -0.25) is 9.20 Å². The number of carboxylic acid groups (broad SMARTS) is 1. The van der Waals surface area contributed by atoms with Crippen molar-refractivity contribution < 1.29 is 33.3 Å². The quantitative estimate of drug-likeness (QED) is 0.327. The Labute approximate surface area is 205 Å². The summed E-state index contributed by atoms with van der Waals surface area (Å²) in [6.07, 6.45) is 1.56. The number of carbonyl (C=O) groups excluding carboxylic acids is 1. The van der Waals surface area contributed by atoms with Crippen LogP contribution in [-0.4, -0.2) is 38.0 Å². The lowest BCUT2D eigenvalue weighted by atomic mass is 9.78. The third-order valence-electron chi connectivity index (χ3n) is 6.21. The normalized spacial score (nSPS) is 12.9. The van der Waals surface area contributed by atoms with Gasteiger partial charge in [0, 0.05) is 18.0 Å². The molecule has 2 N–H and O–H groups in total. The van der Waals surface area contributed by atoms with Crippen LogP contribution in [0, 0.1) is 18.6 Å². The van der Waals surface area contributed by atoms with Crippen LogP contribution in [0.15, 0.2) is 60.8 Å². The van der Waals surface area contributed by atoms with E-state index < -0.39 is 23.0 Å². The molecule has 4 aromatic rings. The van der Waals surface area contributed by atoms with Crippen molar-refractivity contribution in [2.24, 2.45) is 0 Å². The standard InChI is InChI=1S/C27H24F2N2O5/c1-16-24(22(33)13-27(2,15-32)18-10-8-17(9-11-18)26(34)35)31-12-4-7-23(25(31)30-16)36-14-19-20(28)5-3-6-21(19)29/h3-12,32H,13-15H2,1-2H3,(H,34,35). The van der Waals surface area contributed by atoms with Gasteiger partial charge in [-0.1, -0.05) is 25.1 Å². The number of ketones is 1. The molecule has 9 heteroatoms. The van der Waals surface area contributed by atoms with Gasteiger partial charge in [0.05, 0.1) is 23.4 Å². The molecule has 0 amide bonds. The molecule has 1 atom stereocenters. The van der Waals surface area contributed by atoms with Crippen LogP contribution in [0.3, 0.4) is 0 Å². The molecule has 2 heterocycles. The van der Waals surface area contributed by atoms with Gasteiger partial charge in [0.2, 0.25) is 0 Å². The molecule has 0 spiro atoms. The lowest BCUT2D eigenvalue weighted by Gasteiger charge is -2.27. The molecule has 1 unspecified atom stereocenters. The summed E-state index contributed by atoms with van der Waals surface area (Å²) >= 11 is 0. The third-order valence-corrected chi connectivity index (χ3v) is 6.21. The molecule has 0 aliphatic heterocycles. The number of imidazole rings is 1. The lowest BCUT2D eigenvalue weighted by molar-refractivity contribution is 0.0696. The van der Waals surface area contributed by atoms with E-state index in [9.17, 15) is 23.5 Å². The van der Waals surface area contributed by atoms with Crippen LogP contribution in [0.5, 0.6) is 5.75 Å². The molecule has 2 aromatic heterocycles. The lowest BCUT2D eigenvalue weighted by Crippen LogP contribution is -2.30. The van der Waals surface area contributed by atoms with E-state index in [0.29, 0.717) is 16.9 Å². The van der Waals surface area contributed by atoms with Crippen molar-refractivity contribution in [1.82, 2.24) is 9.38 Å². The number of aromatic carboxylic acids is 1. The first kappa shape index (κ1) is 25.0. The molecular weight excluding hydrogens is 470 g/mol. The van der Waals surface area contributed by atoms with E-state index in [2.05, 4.69) is 4.98 Å². The Morgan fingerprint density at radius 3 is 2.33 bits per heavy atom. The molecular formula is C27H24F2N2O5. The first-order chi connectivity index (χ1) is 17.1. The van der Waals surface area contributed by atoms with Gasteiger partial charge in [-0.05, 0) is 48.9 Å². The van der Waals surface area contributed by atoms with E-state index in [1.807, 2.05) is 0 Å². The number of hydrogen-bond acceptors (Lipinski definition) is 5. The third kappa shape index (κ3) is 4.70. The van der Waals surface area contributed by atoms with E-state index in [1.165, 1.54) is 18.2 Å². The van der Waals surface area contributed by atoms with E-state index in [-0.39, 0.29) is 48.0 Å². The first-order valence-corrected chi connectivity index (χ1v) is 11.2. The molecule has 0 saturated carbocycles. The molecule has 36 heavy (non-hydrogen) atoms. The number of Topliss-reactive ketones (excluding diaryl/α,β-unsaturated/α-hetero) is 1. The highest BCUT2D eigenvalue weighted by atomic mass is 19.1. The van der Waals surface area contributed by atoms with Crippen molar-refractivity contribution in [2.75, 3.05) is 6.61 Å². The van der Waals surface area contributed by atoms with E-state index in [1.54, 1.807) is 48.7 Å². The van der Waals surface area contributed by atoms with Crippen molar-refractivity contribution in [2.45, 2.75) is 32.3 Å². The summed E-state index contributed by atoms with van der Waals surface area (Å²) in [7, 11) is 0. The number of nitrogens with zero attached hydrogens (tertiary/aromatic N) is 2. The fourth-order valence-corrected chi connectivity index (χ4v) is 4.13. The highest BCUT2D eigenvalue weighted by molar-refractivity contribution is 5.97. The minimum absolute atomic E-state index is 0.0733. The molecule has 0 aliphatic carbocycles. The minimum atomic E-state index is -1.07. The fourth-order valence-electron chi connectivity index (χ4n) is 4.13. The summed E-state index contributed by atoms with van der Waals surface area (Å²) in [6.45, 7) is 2.68. The molecule has 2 aromatic carbocycles. The molecule has 7 nitrogen and oxygen atoms in total. The van der Waals surface area contributed by atoms with Gasteiger partial charge in [-0.15, -0.1) is 0 Å². The average molecular weight is 494 g/mol. The zero-order valence-electron chi connectivity index (χ0n) is 19.7. The van der Waals surface area contributed by atoms with Crippen LogP contribution < -0.4 is 4.74 Å². The second-order valence-corrected chi connectivity index (χ2v) is 8.80. The molecule has 0 bridgehead atoms. The number of aromatic nitrogens is 2. The van der Waals surface area contributed by atoms with Gasteiger partial charge in [0.1, 0.15) is 23.9 Å². The van der Waals surface area contributed by atoms with Crippen molar-refractivity contribution in [3.05, 3.63) is 101 Å². The predicted molar refractivity (Wildman–Crippen MR) is 127 cm³/mol. The smallest absolute Gasteiger partial charge is 0.335 e. The van der Waals surface area contributed by atoms with Gasteiger partial charge >= 0.3 is 5.97 Å². The van der Waals surface area contributed by atoms with Gasteiger partial charge in [-0.25, -0.2) is 18.6 Å². The Morgan fingerprint density at radius 2 is 1.72 bits per heavy atom. The Hall–Kier alpha value is -4.11. The van der Waals surface area contributed by atoms with Crippen molar-refractivity contribution in [3.63, 3.8) is 0 Å². The number of aryl methyl sites for hydroxylation is 1. The average Bonchev–Trinajstić information content (AvgIpc) is 3.20. The second-order valence-electron chi connectivity index (χ2n) is 8.80. The number of carboxylic acids is 1. The zero-order valence-corrected chi connectivity index (χ0v) is 19.7. The number of carbonyl (C=O) groups is 2. The highest BCUT2D eigenvalue weighted by Crippen LogP contribution is 2.31. The number of ether oxygens (including phenoxy) is 1. The predicted octanol–water partition coefficient (Wildman–Crippen LogP) is 4.72. The molecule has 0 aliphatic rings. The number of pyridine rings is 1. The summed E-state index contributed by atoms with van der Waals surface area (Å²) in [5, 5.41) is 19.3. The number of benzene rings is 2. The molecule has 186 valence electrons. The number of aliphatic hydroxyl groups excluding tert-OH is 1. The number of fused-ring (bicyclic) bond motifs is 1. The van der Waals surface area contributed by atoms with E-state index in [4.69, 9.17) is 9.84 Å². The van der Waals surface area contributed by atoms with Gasteiger partial charge in [0.15, 0.2) is 17.2 Å². The van der Waals surface area contributed by atoms with Crippen LogP contribution in [0.4, 0.5) is 8.78 Å². The van der Waals surface area contributed by atoms with Gasteiger partial charge < -0.3 is 14.9 Å². The minimum Gasteiger partial charge on any atom is -0.485 e. The summed E-state index contributed by atoms with van der Waals surface area (Å²) in [5.74, 6) is -2.57. The summed E-state index contributed by atoms with van der Waals surface area (Å²) in [6, 6.07) is 12.8. The van der Waals surface area contributed by atoms with Crippen LogP contribution in [0.1, 0.15) is 51.0 Å². The van der Waals surface area contributed by atoms with E-state index in [0.717, 1.165) is 12.1 Å². The van der Waals surface area contributed by atoms with Crippen LogP contribution >= 0.6 is 0 Å². The monoisotopic (exact) mass is 494 g/mol. The highest BCUT2D eigenvalue weighted by Gasteiger charge is 2.32. The number of hydrogen-bond donors (Lipinski definition) is 2. The maximum Gasteiger partial charge on any atom is 0.335 e. The van der Waals surface area contributed by atoms with Crippen LogP contribution in [0.25, 0.3) is 5.65 Å². The second kappa shape index (κ2) is 9.87. The Kier molecular flexibility index (Phi) is 6.85. The van der Waals surface area contributed by atoms with Crippen LogP contribution in [0.2, 0.25) is 0 Å². The summed E-state index contributed by atoms with van der Waals surface area (Å²) in [4.78, 5) is 29.0. The molecule has 0 fully saturated rings. The van der Waals surface area contributed by atoms with Crippen molar-refractivity contribution in [1.29, 1.82) is 0 Å². The maximum absolute atomic E-state index is 14.0. The first-order valence-electron chi connectivity index (χ1n) is 11.2. The maximum atomic E-state index is 14.0. The zero-order chi connectivity index (χ0) is 26.0. The van der Waals surface area contributed by atoms with Crippen molar-refractivity contribution in [3.8, 4) is 5.75 Å². The SMILES string of the molecule is Cc1nc2c(OCc3c(F)cccc3F)cccn2c1C(=O)CC(C)(CO)c1ccc(C(=O)O)cc1. The fraction of sp³-hybridized carbons (Fsp3) is 0.222. The largest absolute Gasteiger partial charge is 0.485 e. The summed E-state index contributed by atoms with van der Waals surface area (Å²) in [5.41, 5.74) is 0.556. The van der Waals surface area contributed by atoms with E-state index >= 15 is 0 Å².